The molecule has 23 heavy (non-hydrogen) atoms. The molecule has 0 saturated heterocycles. The van der Waals surface area contributed by atoms with E-state index in [2.05, 4.69) is 5.32 Å². The first kappa shape index (κ1) is 17.8. The fourth-order valence-corrected chi connectivity index (χ4v) is 2.87. The van der Waals surface area contributed by atoms with Gasteiger partial charge < -0.3 is 10.1 Å². The summed E-state index contributed by atoms with van der Waals surface area (Å²) in [5.74, 6) is -0.132. The van der Waals surface area contributed by atoms with Gasteiger partial charge in [-0.2, -0.15) is 13.2 Å². The van der Waals surface area contributed by atoms with Gasteiger partial charge in [0.15, 0.2) is 0 Å². The van der Waals surface area contributed by atoms with E-state index in [4.69, 9.17) is 4.74 Å². The van der Waals surface area contributed by atoms with E-state index in [0.717, 1.165) is 43.4 Å². The average Bonchev–Trinajstić information content (AvgIpc) is 2.53. The second-order valence-corrected chi connectivity index (χ2v) is 5.88. The molecule has 6 heteroatoms. The van der Waals surface area contributed by atoms with Crippen molar-refractivity contribution >= 4 is 5.97 Å². The van der Waals surface area contributed by atoms with Crippen molar-refractivity contribution in [3.63, 3.8) is 0 Å². The fourth-order valence-electron chi connectivity index (χ4n) is 2.87. The van der Waals surface area contributed by atoms with Crippen LogP contribution >= 0.6 is 0 Å². The van der Waals surface area contributed by atoms with Gasteiger partial charge in [-0.3, -0.25) is 4.79 Å². The molecular weight excluding hydrogens is 307 g/mol. The number of carbonyl (C=O) groups excluding carboxylic acids is 1. The Morgan fingerprint density at radius 1 is 1.17 bits per heavy atom. The van der Waals surface area contributed by atoms with E-state index in [1.807, 2.05) is 0 Å². The zero-order chi connectivity index (χ0) is 16.9. The number of hydrogen-bond donors (Lipinski definition) is 1. The molecule has 0 radical (unpaired) electrons. The van der Waals surface area contributed by atoms with Crippen LogP contribution in [-0.4, -0.2) is 18.6 Å². The molecule has 128 valence electrons. The summed E-state index contributed by atoms with van der Waals surface area (Å²) in [6.07, 6.45) is -0.946. The number of alkyl halides is 3. The molecule has 0 bridgehead atoms. The van der Waals surface area contributed by atoms with Gasteiger partial charge in [0, 0.05) is 12.6 Å². The first-order valence-electron chi connectivity index (χ1n) is 7.96. The molecule has 0 aromatic heterocycles. The Hall–Kier alpha value is -1.56. The summed E-state index contributed by atoms with van der Waals surface area (Å²) in [6.45, 7) is 2.74. The predicted molar refractivity (Wildman–Crippen MR) is 80.7 cm³/mol. The molecule has 3 nitrogen and oxygen atoms in total. The molecule has 1 aromatic rings. The number of halogens is 3. The average molecular weight is 329 g/mol. The van der Waals surface area contributed by atoms with Gasteiger partial charge in [0.1, 0.15) is 0 Å². The van der Waals surface area contributed by atoms with E-state index in [-0.39, 0.29) is 11.9 Å². The van der Waals surface area contributed by atoms with Crippen molar-refractivity contribution in [1.82, 2.24) is 5.32 Å². The van der Waals surface area contributed by atoms with Crippen LogP contribution in [0, 0.1) is 5.92 Å². The molecule has 0 spiro atoms. The largest absolute Gasteiger partial charge is 0.466 e. The normalized spacial score (nSPS) is 21.9. The van der Waals surface area contributed by atoms with Gasteiger partial charge in [-0.15, -0.1) is 0 Å². The second-order valence-electron chi connectivity index (χ2n) is 5.88. The number of ether oxygens (including phenoxy) is 1. The lowest BCUT2D eigenvalue weighted by molar-refractivity contribution is -0.149. The molecule has 0 aliphatic heterocycles. The summed E-state index contributed by atoms with van der Waals surface area (Å²) in [5, 5.41) is 3.35. The second kappa shape index (κ2) is 7.81. The van der Waals surface area contributed by atoms with E-state index in [0.29, 0.717) is 19.2 Å². The molecule has 1 aliphatic carbocycles. The van der Waals surface area contributed by atoms with Crippen LogP contribution in [0.5, 0.6) is 0 Å². The van der Waals surface area contributed by atoms with Crippen molar-refractivity contribution in [2.45, 2.75) is 51.4 Å². The quantitative estimate of drug-likeness (QED) is 0.832. The summed E-state index contributed by atoms with van der Waals surface area (Å²) in [5.41, 5.74) is 0.196. The maximum Gasteiger partial charge on any atom is 0.416 e. The Labute approximate surface area is 134 Å². The Morgan fingerprint density at radius 3 is 2.30 bits per heavy atom. The van der Waals surface area contributed by atoms with Crippen LogP contribution in [-0.2, 0) is 22.3 Å². The van der Waals surface area contributed by atoms with E-state index >= 15 is 0 Å². The first-order valence-corrected chi connectivity index (χ1v) is 7.96. The number of benzene rings is 1. The summed E-state index contributed by atoms with van der Waals surface area (Å²) in [6, 6.07) is 5.51. The van der Waals surface area contributed by atoms with Crippen LogP contribution in [0.4, 0.5) is 13.2 Å². The van der Waals surface area contributed by atoms with Crippen LogP contribution in [0.2, 0.25) is 0 Å². The lowest BCUT2D eigenvalue weighted by atomic mass is 9.86. The number of nitrogens with one attached hydrogen (secondary N) is 1. The highest BCUT2D eigenvalue weighted by molar-refractivity contribution is 5.72. The van der Waals surface area contributed by atoms with Crippen LogP contribution < -0.4 is 5.32 Å². The molecule has 2 rings (SSSR count). The Morgan fingerprint density at radius 2 is 1.78 bits per heavy atom. The molecule has 1 aliphatic rings. The Kier molecular flexibility index (Phi) is 6.04. The van der Waals surface area contributed by atoms with Crippen LogP contribution in [0.25, 0.3) is 0 Å². The van der Waals surface area contributed by atoms with Gasteiger partial charge in [-0.1, -0.05) is 12.1 Å². The molecule has 0 atom stereocenters. The van der Waals surface area contributed by atoms with E-state index in [9.17, 15) is 18.0 Å². The zero-order valence-corrected chi connectivity index (χ0v) is 13.2. The monoisotopic (exact) mass is 329 g/mol. The van der Waals surface area contributed by atoms with Crippen molar-refractivity contribution in [3.05, 3.63) is 35.4 Å². The third-order valence-electron chi connectivity index (χ3n) is 4.22. The highest BCUT2D eigenvalue weighted by Gasteiger charge is 2.30. The van der Waals surface area contributed by atoms with Gasteiger partial charge in [0.05, 0.1) is 18.1 Å². The minimum absolute atomic E-state index is 0.0148. The topological polar surface area (TPSA) is 38.3 Å². The zero-order valence-electron chi connectivity index (χ0n) is 13.2. The Balaban J connectivity index is 1.76. The van der Waals surface area contributed by atoms with E-state index in [1.165, 1.54) is 12.1 Å². The molecule has 1 fully saturated rings. The van der Waals surface area contributed by atoms with Gasteiger partial charge >= 0.3 is 12.1 Å². The van der Waals surface area contributed by atoms with Gasteiger partial charge in [-0.25, -0.2) is 0 Å². The Bertz CT molecular complexity index is 506. The molecule has 0 unspecified atom stereocenters. The van der Waals surface area contributed by atoms with Crippen LogP contribution in [0.3, 0.4) is 0 Å². The highest BCUT2D eigenvalue weighted by atomic mass is 19.4. The van der Waals surface area contributed by atoms with Crippen molar-refractivity contribution in [2.24, 2.45) is 5.92 Å². The minimum Gasteiger partial charge on any atom is -0.466 e. The lowest BCUT2D eigenvalue weighted by Crippen LogP contribution is -2.35. The molecule has 0 amide bonds. The van der Waals surface area contributed by atoms with E-state index < -0.39 is 11.7 Å². The number of esters is 1. The maximum absolute atomic E-state index is 12.5. The van der Waals surface area contributed by atoms with Gasteiger partial charge in [-0.05, 0) is 50.3 Å². The van der Waals surface area contributed by atoms with Crippen molar-refractivity contribution in [3.8, 4) is 0 Å². The summed E-state index contributed by atoms with van der Waals surface area (Å²) < 4.78 is 42.5. The van der Waals surface area contributed by atoms with E-state index in [1.54, 1.807) is 6.92 Å². The van der Waals surface area contributed by atoms with Crippen molar-refractivity contribution < 1.29 is 22.7 Å². The molecule has 1 aromatic carbocycles. The number of rotatable bonds is 5. The fraction of sp³-hybridized carbons (Fsp3) is 0.588. The molecule has 0 heterocycles. The minimum atomic E-state index is -4.29. The molecule has 1 N–H and O–H groups in total. The van der Waals surface area contributed by atoms with Crippen molar-refractivity contribution in [2.75, 3.05) is 6.61 Å². The number of hydrogen-bond acceptors (Lipinski definition) is 3. The van der Waals surface area contributed by atoms with Crippen LogP contribution in [0.15, 0.2) is 24.3 Å². The van der Waals surface area contributed by atoms with Crippen molar-refractivity contribution in [1.29, 1.82) is 0 Å². The van der Waals surface area contributed by atoms with Crippen LogP contribution in [0.1, 0.15) is 43.7 Å². The summed E-state index contributed by atoms with van der Waals surface area (Å²) in [4.78, 5) is 11.7. The lowest BCUT2D eigenvalue weighted by Gasteiger charge is -2.28. The summed E-state index contributed by atoms with van der Waals surface area (Å²) >= 11 is 0. The molecule has 1 saturated carbocycles. The molecular formula is C17H22F3NO2. The maximum atomic E-state index is 12.5. The van der Waals surface area contributed by atoms with Gasteiger partial charge in [0.25, 0.3) is 0 Å². The summed E-state index contributed by atoms with van der Waals surface area (Å²) in [7, 11) is 0. The predicted octanol–water partition coefficient (Wildman–Crippen LogP) is 3.92. The number of carbonyl (C=O) groups is 1. The standard InChI is InChI=1S/C17H22F3NO2/c1-2-23-16(22)13-5-9-15(10-6-13)21-11-12-3-7-14(8-4-12)17(18,19)20/h3-4,7-8,13,15,21H,2,5-6,9-11H2,1H3. The first-order chi connectivity index (χ1) is 10.9. The van der Waals surface area contributed by atoms with Gasteiger partial charge in [0.2, 0.25) is 0 Å². The SMILES string of the molecule is CCOC(=O)C1CCC(NCc2ccc(C(F)(F)F)cc2)CC1. The smallest absolute Gasteiger partial charge is 0.416 e. The highest BCUT2D eigenvalue weighted by Crippen LogP contribution is 2.29. The third-order valence-corrected chi connectivity index (χ3v) is 4.22. The third kappa shape index (κ3) is 5.23.